The summed E-state index contributed by atoms with van der Waals surface area (Å²) in [6, 6.07) is 23.3. The zero-order valence-electron chi connectivity index (χ0n) is 24.3. The smallest absolute Gasteiger partial charge is 0.480 e. The van der Waals surface area contributed by atoms with Gasteiger partial charge in [0.15, 0.2) is 0 Å². The lowest BCUT2D eigenvalue weighted by Gasteiger charge is -2.32. The third kappa shape index (κ3) is 7.99. The normalized spacial score (nSPS) is 16.7. The lowest BCUT2D eigenvalue weighted by Crippen LogP contribution is -2.53. The van der Waals surface area contributed by atoms with Crippen molar-refractivity contribution in [3.8, 4) is 0 Å². The highest BCUT2D eigenvalue weighted by Gasteiger charge is 2.51. The number of hydrogen-bond acceptors (Lipinski definition) is 6. The predicted molar refractivity (Wildman–Crippen MR) is 159 cm³/mol. The van der Waals surface area contributed by atoms with Crippen molar-refractivity contribution in [2.45, 2.75) is 70.4 Å². The highest BCUT2D eigenvalue weighted by atomic mass is 16.7. The van der Waals surface area contributed by atoms with Gasteiger partial charge >= 0.3 is 19.2 Å². The van der Waals surface area contributed by atoms with Crippen molar-refractivity contribution < 1.29 is 33.5 Å². The molecule has 2 amide bonds. The van der Waals surface area contributed by atoms with Crippen LogP contribution in [0, 0.1) is 0 Å². The van der Waals surface area contributed by atoms with Gasteiger partial charge in [0.1, 0.15) is 18.7 Å². The first-order valence-electron chi connectivity index (χ1n) is 13.9. The van der Waals surface area contributed by atoms with Crippen LogP contribution in [0.15, 0.2) is 84.9 Å². The summed E-state index contributed by atoms with van der Waals surface area (Å²) in [6.07, 6.45) is -0.580. The Morgan fingerprint density at radius 3 is 1.79 bits per heavy atom. The Hall–Kier alpha value is -4.15. The molecule has 3 aromatic carbocycles. The van der Waals surface area contributed by atoms with Gasteiger partial charge in [0, 0.05) is 12.8 Å². The fourth-order valence-corrected chi connectivity index (χ4v) is 4.46. The molecule has 9 nitrogen and oxygen atoms in total. The van der Waals surface area contributed by atoms with E-state index in [1.165, 1.54) is 0 Å². The molecule has 3 aromatic rings. The van der Waals surface area contributed by atoms with Crippen LogP contribution in [-0.4, -0.2) is 53.5 Å². The van der Waals surface area contributed by atoms with Gasteiger partial charge in [0.25, 0.3) is 0 Å². The second-order valence-electron chi connectivity index (χ2n) is 11.4. The summed E-state index contributed by atoms with van der Waals surface area (Å²) >= 11 is 0. The molecule has 2 atom stereocenters. The Bertz CT molecular complexity index is 1350. The standard InChI is InChI=1S/C32H37BN2O7/c1-31(2)32(3,4)42-33(41-31)25-17-15-23(16-18-25)20-27(29(37)38)34-28(36)26(19-22-11-7-5-8-12-22)35-30(39)40-21-24-13-9-6-10-14-24/h5-18,26-27H,19-21H2,1-4H3,(H,34,36)(H,35,39)(H,37,38)/t26-,27-/m0/s1. The lowest BCUT2D eigenvalue weighted by atomic mass is 9.78. The van der Waals surface area contributed by atoms with E-state index in [4.69, 9.17) is 14.0 Å². The van der Waals surface area contributed by atoms with Crippen LogP contribution in [0.3, 0.4) is 0 Å². The summed E-state index contributed by atoms with van der Waals surface area (Å²) in [5, 5.41) is 15.1. The third-order valence-electron chi connectivity index (χ3n) is 7.66. The number of rotatable bonds is 11. The van der Waals surface area contributed by atoms with E-state index in [0.29, 0.717) is 5.56 Å². The van der Waals surface area contributed by atoms with Crippen LogP contribution in [0.2, 0.25) is 0 Å². The molecule has 220 valence electrons. The maximum Gasteiger partial charge on any atom is 0.494 e. The van der Waals surface area contributed by atoms with Gasteiger partial charge in [-0.2, -0.15) is 0 Å². The third-order valence-corrected chi connectivity index (χ3v) is 7.66. The van der Waals surface area contributed by atoms with Crippen molar-refractivity contribution in [3.05, 3.63) is 102 Å². The Morgan fingerprint density at radius 2 is 1.24 bits per heavy atom. The average Bonchev–Trinajstić information content (AvgIpc) is 3.18. The molecule has 42 heavy (non-hydrogen) atoms. The highest BCUT2D eigenvalue weighted by Crippen LogP contribution is 2.36. The number of carbonyl (C=O) groups excluding carboxylic acids is 2. The molecule has 0 aromatic heterocycles. The Labute approximate surface area is 246 Å². The maximum atomic E-state index is 13.3. The molecule has 1 aliphatic heterocycles. The summed E-state index contributed by atoms with van der Waals surface area (Å²) in [5.74, 6) is -1.82. The minimum Gasteiger partial charge on any atom is -0.480 e. The van der Waals surface area contributed by atoms with Crippen LogP contribution in [0.4, 0.5) is 4.79 Å². The minimum absolute atomic E-state index is 0.0338. The minimum atomic E-state index is -1.22. The molecule has 1 fully saturated rings. The van der Waals surface area contributed by atoms with E-state index in [-0.39, 0.29) is 19.4 Å². The number of alkyl carbamates (subject to hydrolysis) is 1. The van der Waals surface area contributed by atoms with Crippen molar-refractivity contribution in [2.24, 2.45) is 0 Å². The Balaban J connectivity index is 1.41. The van der Waals surface area contributed by atoms with Gasteiger partial charge in [-0.15, -0.1) is 0 Å². The van der Waals surface area contributed by atoms with Gasteiger partial charge in [0.2, 0.25) is 5.91 Å². The highest BCUT2D eigenvalue weighted by molar-refractivity contribution is 6.62. The predicted octanol–water partition coefficient (Wildman–Crippen LogP) is 3.64. The Kier molecular flexibility index (Phi) is 9.70. The van der Waals surface area contributed by atoms with Crippen molar-refractivity contribution in [1.82, 2.24) is 10.6 Å². The zero-order chi connectivity index (χ0) is 30.3. The molecular weight excluding hydrogens is 535 g/mol. The maximum absolute atomic E-state index is 13.3. The van der Waals surface area contributed by atoms with Crippen LogP contribution in [0.25, 0.3) is 0 Å². The quantitative estimate of drug-likeness (QED) is 0.300. The van der Waals surface area contributed by atoms with Gasteiger partial charge in [-0.05, 0) is 49.8 Å². The van der Waals surface area contributed by atoms with E-state index >= 15 is 0 Å². The molecule has 0 bridgehead atoms. The van der Waals surface area contributed by atoms with Crippen LogP contribution in [0.1, 0.15) is 44.4 Å². The average molecular weight is 572 g/mol. The summed E-state index contributed by atoms with van der Waals surface area (Å²) in [5.41, 5.74) is 2.16. The van der Waals surface area contributed by atoms with Crippen LogP contribution >= 0.6 is 0 Å². The molecule has 10 heteroatoms. The molecular formula is C32H37BN2O7. The topological polar surface area (TPSA) is 123 Å². The molecule has 4 rings (SSSR count). The van der Waals surface area contributed by atoms with Gasteiger partial charge in [-0.1, -0.05) is 84.9 Å². The van der Waals surface area contributed by atoms with Crippen LogP contribution in [0.5, 0.6) is 0 Å². The van der Waals surface area contributed by atoms with E-state index in [2.05, 4.69) is 10.6 Å². The van der Waals surface area contributed by atoms with Crippen LogP contribution < -0.4 is 16.1 Å². The molecule has 0 aliphatic carbocycles. The summed E-state index contributed by atoms with van der Waals surface area (Å²) in [7, 11) is -0.537. The van der Waals surface area contributed by atoms with Crippen molar-refractivity contribution in [2.75, 3.05) is 0 Å². The molecule has 1 aliphatic rings. The second-order valence-corrected chi connectivity index (χ2v) is 11.4. The number of nitrogens with one attached hydrogen (secondary N) is 2. The number of aliphatic carboxylic acids is 1. The number of ether oxygens (including phenoxy) is 1. The molecule has 0 spiro atoms. The first-order chi connectivity index (χ1) is 19.9. The molecule has 0 unspecified atom stereocenters. The number of carboxylic acids is 1. The summed E-state index contributed by atoms with van der Waals surface area (Å²) in [6.45, 7) is 7.94. The van der Waals surface area contributed by atoms with E-state index < -0.39 is 48.4 Å². The number of carboxylic acid groups (broad SMARTS) is 1. The summed E-state index contributed by atoms with van der Waals surface area (Å²) in [4.78, 5) is 38.1. The van der Waals surface area contributed by atoms with Crippen molar-refractivity contribution >= 4 is 30.6 Å². The fourth-order valence-electron chi connectivity index (χ4n) is 4.46. The van der Waals surface area contributed by atoms with E-state index in [1.54, 1.807) is 12.1 Å². The number of carbonyl (C=O) groups is 3. The summed E-state index contributed by atoms with van der Waals surface area (Å²) < 4.78 is 17.5. The number of hydrogen-bond donors (Lipinski definition) is 3. The molecule has 0 saturated carbocycles. The van der Waals surface area contributed by atoms with Crippen molar-refractivity contribution in [1.29, 1.82) is 0 Å². The van der Waals surface area contributed by atoms with Crippen molar-refractivity contribution in [3.63, 3.8) is 0 Å². The molecule has 1 heterocycles. The Morgan fingerprint density at radius 1 is 0.738 bits per heavy atom. The van der Waals surface area contributed by atoms with Gasteiger partial charge in [0.05, 0.1) is 11.2 Å². The largest absolute Gasteiger partial charge is 0.494 e. The van der Waals surface area contributed by atoms with Crippen LogP contribution in [-0.2, 0) is 43.1 Å². The fraction of sp³-hybridized carbons (Fsp3) is 0.344. The number of amides is 2. The molecule has 1 saturated heterocycles. The van der Waals surface area contributed by atoms with E-state index in [0.717, 1.165) is 16.6 Å². The second kappa shape index (κ2) is 13.2. The van der Waals surface area contributed by atoms with Gasteiger partial charge in [-0.3, -0.25) is 4.79 Å². The van der Waals surface area contributed by atoms with E-state index in [9.17, 15) is 19.5 Å². The first kappa shape index (κ1) is 30.8. The monoisotopic (exact) mass is 572 g/mol. The number of benzene rings is 3. The van der Waals surface area contributed by atoms with E-state index in [1.807, 2.05) is 100 Å². The first-order valence-corrected chi connectivity index (χ1v) is 13.9. The zero-order valence-corrected chi connectivity index (χ0v) is 24.3. The van der Waals surface area contributed by atoms with Gasteiger partial charge < -0.3 is 29.8 Å². The van der Waals surface area contributed by atoms with Gasteiger partial charge in [-0.25, -0.2) is 9.59 Å². The molecule has 3 N–H and O–H groups in total. The lowest BCUT2D eigenvalue weighted by molar-refractivity contribution is -0.142. The molecule has 0 radical (unpaired) electrons. The SMILES string of the molecule is CC1(C)OB(c2ccc(C[C@H](NC(=O)[C@H](Cc3ccccc3)NC(=O)OCc3ccccc3)C(=O)O)cc2)OC1(C)C.